The van der Waals surface area contributed by atoms with Gasteiger partial charge in [-0.05, 0) is 52.4 Å². The molecule has 7 heteroatoms. The van der Waals surface area contributed by atoms with Crippen molar-refractivity contribution < 1.29 is 23.9 Å². The van der Waals surface area contributed by atoms with E-state index in [-0.39, 0.29) is 30.3 Å². The molecule has 1 saturated carbocycles. The molecule has 0 spiro atoms. The van der Waals surface area contributed by atoms with Crippen LogP contribution < -0.4 is 5.32 Å². The summed E-state index contributed by atoms with van der Waals surface area (Å²) in [4.78, 5) is 39.0. The first-order chi connectivity index (χ1) is 12.5. The zero-order valence-corrected chi connectivity index (χ0v) is 17.0. The maximum atomic E-state index is 12.8. The van der Waals surface area contributed by atoms with E-state index >= 15 is 0 Å². The molecule has 0 aromatic carbocycles. The Labute approximate surface area is 161 Å². The maximum absolute atomic E-state index is 12.8. The van der Waals surface area contributed by atoms with Crippen molar-refractivity contribution >= 4 is 18.0 Å². The molecule has 0 radical (unpaired) electrons. The Bertz CT molecular complexity index is 612. The number of carbonyl (C=O) groups excluding carboxylic acids is 3. The van der Waals surface area contributed by atoms with E-state index < -0.39 is 23.2 Å². The van der Waals surface area contributed by atoms with Crippen molar-refractivity contribution in [3.05, 3.63) is 12.7 Å². The molecule has 152 valence electrons. The van der Waals surface area contributed by atoms with Crippen LogP contribution >= 0.6 is 0 Å². The van der Waals surface area contributed by atoms with E-state index in [9.17, 15) is 14.4 Å². The Morgan fingerprint density at radius 1 is 1.33 bits per heavy atom. The van der Waals surface area contributed by atoms with Gasteiger partial charge in [0, 0.05) is 13.1 Å². The highest BCUT2D eigenvalue weighted by Gasteiger charge is 2.60. The van der Waals surface area contributed by atoms with Crippen molar-refractivity contribution in [2.24, 2.45) is 17.3 Å². The Balaban J connectivity index is 2.02. The molecule has 1 N–H and O–H groups in total. The first kappa shape index (κ1) is 21.3. The minimum absolute atomic E-state index is 0.00121. The van der Waals surface area contributed by atoms with E-state index in [1.165, 1.54) is 4.90 Å². The summed E-state index contributed by atoms with van der Waals surface area (Å²) in [5.41, 5.74) is -1.35. The summed E-state index contributed by atoms with van der Waals surface area (Å²) in [6.07, 6.45) is 2.44. The van der Waals surface area contributed by atoms with Crippen LogP contribution in [0, 0.1) is 17.3 Å². The number of rotatable bonds is 6. The van der Waals surface area contributed by atoms with Gasteiger partial charge < -0.3 is 14.8 Å². The number of esters is 1. The minimum Gasteiger partial charge on any atom is -0.465 e. The summed E-state index contributed by atoms with van der Waals surface area (Å²) in [6, 6.07) is -0.588. The van der Waals surface area contributed by atoms with Gasteiger partial charge in [-0.3, -0.25) is 14.5 Å². The lowest BCUT2D eigenvalue weighted by atomic mass is 10.0. The zero-order chi connectivity index (χ0) is 20.4. The fourth-order valence-corrected chi connectivity index (χ4v) is 3.61. The number of amides is 2. The van der Waals surface area contributed by atoms with Gasteiger partial charge in [-0.1, -0.05) is 13.0 Å². The van der Waals surface area contributed by atoms with E-state index in [1.807, 2.05) is 6.92 Å². The first-order valence-electron chi connectivity index (χ1n) is 9.61. The zero-order valence-electron chi connectivity index (χ0n) is 17.0. The number of allylic oxidation sites excluding steroid dienone is 1. The van der Waals surface area contributed by atoms with E-state index in [1.54, 1.807) is 33.8 Å². The molecule has 2 amide bonds. The van der Waals surface area contributed by atoms with Crippen molar-refractivity contribution in [1.82, 2.24) is 10.2 Å². The Morgan fingerprint density at radius 3 is 2.52 bits per heavy atom. The molecule has 0 bridgehead atoms. The fourth-order valence-electron chi connectivity index (χ4n) is 3.61. The van der Waals surface area contributed by atoms with Crippen LogP contribution in [0.25, 0.3) is 0 Å². The molecule has 4 atom stereocenters. The fraction of sp³-hybridized carbons (Fsp3) is 0.750. The third-order valence-electron chi connectivity index (χ3n) is 5.12. The van der Waals surface area contributed by atoms with Gasteiger partial charge in [-0.25, -0.2) is 4.79 Å². The SMILES string of the molecule is C=C[C@@H]1CC1(CNC(=O)[C@@H]1C[C@@H](C)CN1C(=O)OC(C)(C)C)C(=O)OCC. The normalized spacial score (nSPS) is 29.8. The molecule has 1 aliphatic heterocycles. The van der Waals surface area contributed by atoms with Crippen molar-refractivity contribution in [2.75, 3.05) is 19.7 Å². The number of ether oxygens (including phenoxy) is 2. The van der Waals surface area contributed by atoms with Crippen molar-refractivity contribution in [1.29, 1.82) is 0 Å². The van der Waals surface area contributed by atoms with Crippen LogP contribution in [0.3, 0.4) is 0 Å². The highest BCUT2D eigenvalue weighted by molar-refractivity contribution is 5.88. The van der Waals surface area contributed by atoms with Gasteiger partial charge in [0.25, 0.3) is 0 Å². The van der Waals surface area contributed by atoms with Crippen molar-refractivity contribution in [3.8, 4) is 0 Å². The van der Waals surface area contributed by atoms with Gasteiger partial charge in [0.2, 0.25) is 5.91 Å². The largest absolute Gasteiger partial charge is 0.465 e. The average Bonchev–Trinajstić information content (AvgIpc) is 3.16. The maximum Gasteiger partial charge on any atom is 0.410 e. The molecule has 2 rings (SSSR count). The summed E-state index contributed by atoms with van der Waals surface area (Å²) < 4.78 is 10.6. The van der Waals surface area contributed by atoms with Gasteiger partial charge in [0.05, 0.1) is 12.0 Å². The van der Waals surface area contributed by atoms with E-state index in [0.29, 0.717) is 26.0 Å². The topological polar surface area (TPSA) is 84.9 Å². The number of hydrogen-bond acceptors (Lipinski definition) is 5. The monoisotopic (exact) mass is 380 g/mol. The molecular weight excluding hydrogens is 348 g/mol. The van der Waals surface area contributed by atoms with Crippen molar-refractivity contribution in [3.63, 3.8) is 0 Å². The summed E-state index contributed by atoms with van der Waals surface area (Å²) in [5, 5.41) is 2.86. The summed E-state index contributed by atoms with van der Waals surface area (Å²) >= 11 is 0. The molecule has 7 nitrogen and oxygen atoms in total. The van der Waals surface area contributed by atoms with Crippen molar-refractivity contribution in [2.45, 2.75) is 59.1 Å². The van der Waals surface area contributed by atoms with Gasteiger partial charge >= 0.3 is 12.1 Å². The molecule has 2 aliphatic rings. The third kappa shape index (κ3) is 4.82. The molecular formula is C20H32N2O5. The summed E-state index contributed by atoms with van der Waals surface area (Å²) in [6.45, 7) is 13.9. The first-order valence-corrected chi connectivity index (χ1v) is 9.61. The van der Waals surface area contributed by atoms with Crippen LogP contribution in [-0.2, 0) is 19.1 Å². The smallest absolute Gasteiger partial charge is 0.410 e. The van der Waals surface area contributed by atoms with E-state index in [4.69, 9.17) is 9.47 Å². The molecule has 1 aliphatic carbocycles. The Kier molecular flexibility index (Phi) is 6.22. The molecule has 2 fully saturated rings. The van der Waals surface area contributed by atoms with E-state index in [2.05, 4.69) is 11.9 Å². The van der Waals surface area contributed by atoms with Crippen LogP contribution in [0.15, 0.2) is 12.7 Å². The molecule has 0 aromatic rings. The number of hydrogen-bond donors (Lipinski definition) is 1. The second-order valence-corrected chi connectivity index (χ2v) is 8.63. The minimum atomic E-state index is -0.728. The Morgan fingerprint density at radius 2 is 2.00 bits per heavy atom. The van der Waals surface area contributed by atoms with Crippen LogP contribution in [0.2, 0.25) is 0 Å². The number of likely N-dealkylation sites (tertiary alicyclic amines) is 1. The van der Waals surface area contributed by atoms with Crippen LogP contribution in [0.1, 0.15) is 47.5 Å². The van der Waals surface area contributed by atoms with Crippen LogP contribution in [0.5, 0.6) is 0 Å². The van der Waals surface area contributed by atoms with E-state index in [0.717, 1.165) is 0 Å². The predicted octanol–water partition coefficient (Wildman–Crippen LogP) is 2.50. The lowest BCUT2D eigenvalue weighted by molar-refractivity contribution is -0.150. The van der Waals surface area contributed by atoms with Gasteiger partial charge in [0.1, 0.15) is 11.6 Å². The predicted molar refractivity (Wildman–Crippen MR) is 101 cm³/mol. The van der Waals surface area contributed by atoms with Gasteiger partial charge in [-0.2, -0.15) is 0 Å². The second kappa shape index (κ2) is 7.90. The second-order valence-electron chi connectivity index (χ2n) is 8.63. The molecule has 27 heavy (non-hydrogen) atoms. The number of nitrogens with zero attached hydrogens (tertiary/aromatic N) is 1. The Hall–Kier alpha value is -2.05. The van der Waals surface area contributed by atoms with Gasteiger partial charge in [0.15, 0.2) is 0 Å². The lowest BCUT2D eigenvalue weighted by Gasteiger charge is -2.28. The van der Waals surface area contributed by atoms with Crippen LogP contribution in [-0.4, -0.2) is 54.2 Å². The summed E-state index contributed by atoms with van der Waals surface area (Å²) in [5.74, 6) is -0.363. The van der Waals surface area contributed by atoms with Gasteiger partial charge in [-0.15, -0.1) is 6.58 Å². The summed E-state index contributed by atoms with van der Waals surface area (Å²) in [7, 11) is 0. The molecule has 0 aromatic heterocycles. The molecule has 1 saturated heterocycles. The highest BCUT2D eigenvalue weighted by Crippen LogP contribution is 2.53. The molecule has 1 heterocycles. The third-order valence-corrected chi connectivity index (χ3v) is 5.12. The number of nitrogens with one attached hydrogen (secondary N) is 1. The quantitative estimate of drug-likeness (QED) is 0.565. The average molecular weight is 380 g/mol. The standard InChI is InChI=1S/C20H32N2O5/c1-7-14-10-20(14,17(24)26-8-2)12-21-16(23)15-9-13(3)11-22(15)18(25)27-19(4,5)6/h7,13-15H,1,8-12H2,2-6H3,(H,21,23)/t13-,14-,15+,20?/m1/s1. The number of carbonyl (C=O) groups is 3. The van der Waals surface area contributed by atoms with Crippen LogP contribution in [0.4, 0.5) is 4.79 Å². The molecule has 1 unspecified atom stereocenters. The lowest BCUT2D eigenvalue weighted by Crippen LogP contribution is -2.49. The highest BCUT2D eigenvalue weighted by atomic mass is 16.6.